The van der Waals surface area contributed by atoms with Crippen LogP contribution in [0.3, 0.4) is 0 Å². The number of hydrogen-bond donors (Lipinski definition) is 1. The van der Waals surface area contributed by atoms with Crippen LogP contribution in [0.5, 0.6) is 0 Å². The fourth-order valence-corrected chi connectivity index (χ4v) is 1.26. The Kier molecular flexibility index (Phi) is 6.49. The molecule has 1 aromatic rings. The van der Waals surface area contributed by atoms with Crippen molar-refractivity contribution in [2.45, 2.75) is 33.7 Å². The number of nitrogens with zero attached hydrogens (tertiary/aromatic N) is 1. The smallest absolute Gasteiger partial charge is 0.293 e. The van der Waals surface area contributed by atoms with Crippen molar-refractivity contribution in [3.8, 4) is 0 Å². The van der Waals surface area contributed by atoms with Crippen molar-refractivity contribution >= 4 is 23.0 Å². The van der Waals surface area contributed by atoms with Gasteiger partial charge in [0.05, 0.1) is 4.92 Å². The second-order valence-electron chi connectivity index (χ2n) is 3.22. The number of halogens is 1. The second kappa shape index (κ2) is 7.06. The summed E-state index contributed by atoms with van der Waals surface area (Å²) in [6.07, 6.45) is 0. The fourth-order valence-electron chi connectivity index (χ4n) is 1.09. The maximum Gasteiger partial charge on any atom is 0.293 e. The second-order valence-corrected chi connectivity index (χ2v) is 3.65. The molecule has 0 aliphatic heterocycles. The van der Waals surface area contributed by atoms with E-state index in [1.54, 1.807) is 12.1 Å². The van der Waals surface area contributed by atoms with Gasteiger partial charge in [-0.1, -0.05) is 25.4 Å². The summed E-state index contributed by atoms with van der Waals surface area (Å²) in [5.74, 6) is 0. The summed E-state index contributed by atoms with van der Waals surface area (Å²) in [4.78, 5) is 10.2. The number of nitro benzene ring substituents is 1. The van der Waals surface area contributed by atoms with E-state index in [1.165, 1.54) is 6.07 Å². The average molecular weight is 245 g/mol. The van der Waals surface area contributed by atoms with Crippen molar-refractivity contribution in [3.63, 3.8) is 0 Å². The first kappa shape index (κ1) is 14.7. The lowest BCUT2D eigenvalue weighted by Gasteiger charge is -2.09. The van der Waals surface area contributed by atoms with Gasteiger partial charge in [0.25, 0.3) is 5.69 Å². The topological polar surface area (TPSA) is 55.2 Å². The van der Waals surface area contributed by atoms with E-state index in [2.05, 4.69) is 5.32 Å². The van der Waals surface area contributed by atoms with E-state index in [0.29, 0.717) is 10.7 Å². The molecule has 1 N–H and O–H groups in total. The highest BCUT2D eigenvalue weighted by molar-refractivity contribution is 6.30. The first-order valence-corrected chi connectivity index (χ1v) is 5.59. The first-order valence-electron chi connectivity index (χ1n) is 5.21. The predicted octanol–water partition coefficient (Wildman–Crippen LogP) is 4.09. The normalized spacial score (nSPS) is 9.38. The molecule has 0 aromatic heterocycles. The molecule has 0 spiro atoms. The van der Waals surface area contributed by atoms with Gasteiger partial charge in [-0.2, -0.15) is 0 Å². The Morgan fingerprint density at radius 1 is 1.38 bits per heavy atom. The molecule has 0 aliphatic carbocycles. The van der Waals surface area contributed by atoms with Crippen molar-refractivity contribution in [1.29, 1.82) is 0 Å². The van der Waals surface area contributed by atoms with E-state index in [0.717, 1.165) is 0 Å². The molecule has 5 heteroatoms. The molecule has 0 amide bonds. The van der Waals surface area contributed by atoms with Crippen molar-refractivity contribution < 1.29 is 4.92 Å². The fraction of sp³-hybridized carbons (Fsp3) is 0.455. The number of nitro groups is 1. The Balaban J connectivity index is 0.00000106. The molecule has 0 aliphatic rings. The van der Waals surface area contributed by atoms with Crippen LogP contribution in [0.1, 0.15) is 27.7 Å². The SMILES string of the molecule is CC.CC(C)Nc1ccc(Cl)cc1[N+](=O)[O-]. The zero-order valence-corrected chi connectivity index (χ0v) is 10.7. The van der Waals surface area contributed by atoms with Crippen LogP contribution in [0.15, 0.2) is 18.2 Å². The van der Waals surface area contributed by atoms with Gasteiger partial charge >= 0.3 is 0 Å². The van der Waals surface area contributed by atoms with E-state index < -0.39 is 4.92 Å². The molecule has 0 bridgehead atoms. The third-order valence-corrected chi connectivity index (χ3v) is 1.84. The predicted molar refractivity (Wildman–Crippen MR) is 68.2 cm³/mol. The summed E-state index contributed by atoms with van der Waals surface area (Å²) in [7, 11) is 0. The maximum absolute atomic E-state index is 10.7. The van der Waals surface area contributed by atoms with Crippen molar-refractivity contribution in [2.75, 3.05) is 5.32 Å². The van der Waals surface area contributed by atoms with Crippen LogP contribution in [0.4, 0.5) is 11.4 Å². The molecule has 0 saturated heterocycles. The summed E-state index contributed by atoms with van der Waals surface area (Å²) in [5, 5.41) is 14.0. The van der Waals surface area contributed by atoms with Crippen LogP contribution in [-0.4, -0.2) is 11.0 Å². The summed E-state index contributed by atoms with van der Waals surface area (Å²) in [6.45, 7) is 7.83. The first-order chi connectivity index (χ1) is 7.50. The molecule has 1 aromatic carbocycles. The number of anilines is 1. The molecule has 0 unspecified atom stereocenters. The summed E-state index contributed by atoms with van der Waals surface area (Å²) in [5.41, 5.74) is 0.501. The number of hydrogen-bond acceptors (Lipinski definition) is 3. The number of benzene rings is 1. The highest BCUT2D eigenvalue weighted by atomic mass is 35.5. The summed E-state index contributed by atoms with van der Waals surface area (Å²) in [6, 6.07) is 4.72. The van der Waals surface area contributed by atoms with E-state index >= 15 is 0 Å². The minimum absolute atomic E-state index is 0.00574. The van der Waals surface area contributed by atoms with Gasteiger partial charge in [0.15, 0.2) is 0 Å². The van der Waals surface area contributed by atoms with Crippen LogP contribution in [-0.2, 0) is 0 Å². The van der Waals surface area contributed by atoms with Gasteiger partial charge in [-0.05, 0) is 26.0 Å². The molecule has 0 saturated carbocycles. The average Bonchev–Trinajstić information content (AvgIpc) is 2.23. The zero-order valence-electron chi connectivity index (χ0n) is 9.95. The quantitative estimate of drug-likeness (QED) is 0.643. The molecular weight excluding hydrogens is 228 g/mol. The minimum Gasteiger partial charge on any atom is -0.377 e. The van der Waals surface area contributed by atoms with Gasteiger partial charge in [-0.15, -0.1) is 0 Å². The standard InChI is InChI=1S/C9H11ClN2O2.C2H6/c1-6(2)11-8-4-3-7(10)5-9(8)12(13)14;1-2/h3-6,11H,1-2H3;1-2H3. The highest BCUT2D eigenvalue weighted by Gasteiger charge is 2.14. The van der Waals surface area contributed by atoms with Crippen molar-refractivity contribution in [3.05, 3.63) is 33.3 Å². The van der Waals surface area contributed by atoms with E-state index in [1.807, 2.05) is 27.7 Å². The molecule has 0 radical (unpaired) electrons. The Labute approximate surface area is 101 Å². The molecule has 0 heterocycles. The van der Waals surface area contributed by atoms with Gasteiger partial charge in [0.2, 0.25) is 0 Å². The maximum atomic E-state index is 10.7. The summed E-state index contributed by atoms with van der Waals surface area (Å²) < 4.78 is 0. The third kappa shape index (κ3) is 4.49. The third-order valence-electron chi connectivity index (χ3n) is 1.60. The molecule has 0 atom stereocenters. The molecule has 90 valence electrons. The highest BCUT2D eigenvalue weighted by Crippen LogP contribution is 2.27. The Hall–Kier alpha value is -1.29. The van der Waals surface area contributed by atoms with E-state index in [4.69, 9.17) is 11.6 Å². The monoisotopic (exact) mass is 244 g/mol. The largest absolute Gasteiger partial charge is 0.377 e. The van der Waals surface area contributed by atoms with Gasteiger partial charge in [0, 0.05) is 17.1 Å². The lowest BCUT2D eigenvalue weighted by Crippen LogP contribution is -2.11. The number of nitrogens with one attached hydrogen (secondary N) is 1. The molecule has 4 nitrogen and oxygen atoms in total. The molecular formula is C11H17ClN2O2. The molecule has 1 rings (SSSR count). The number of rotatable bonds is 3. The zero-order chi connectivity index (χ0) is 12.7. The van der Waals surface area contributed by atoms with Gasteiger partial charge in [-0.3, -0.25) is 10.1 Å². The minimum atomic E-state index is -0.448. The Morgan fingerprint density at radius 2 is 1.94 bits per heavy atom. The Morgan fingerprint density at radius 3 is 2.38 bits per heavy atom. The van der Waals surface area contributed by atoms with Crippen LogP contribution < -0.4 is 5.32 Å². The molecule has 16 heavy (non-hydrogen) atoms. The lowest BCUT2D eigenvalue weighted by atomic mass is 10.2. The van der Waals surface area contributed by atoms with Crippen molar-refractivity contribution in [1.82, 2.24) is 0 Å². The summed E-state index contributed by atoms with van der Waals surface area (Å²) >= 11 is 5.67. The van der Waals surface area contributed by atoms with E-state index in [-0.39, 0.29) is 11.7 Å². The Bertz CT molecular complexity index is 354. The van der Waals surface area contributed by atoms with Crippen LogP contribution in [0.25, 0.3) is 0 Å². The van der Waals surface area contributed by atoms with Crippen LogP contribution in [0, 0.1) is 10.1 Å². The van der Waals surface area contributed by atoms with Gasteiger partial charge in [0.1, 0.15) is 5.69 Å². The van der Waals surface area contributed by atoms with Crippen LogP contribution in [0.2, 0.25) is 5.02 Å². The lowest BCUT2D eigenvalue weighted by molar-refractivity contribution is -0.384. The van der Waals surface area contributed by atoms with Crippen molar-refractivity contribution in [2.24, 2.45) is 0 Å². The van der Waals surface area contributed by atoms with Crippen LogP contribution >= 0.6 is 11.6 Å². The van der Waals surface area contributed by atoms with Gasteiger partial charge in [-0.25, -0.2) is 0 Å². The van der Waals surface area contributed by atoms with E-state index in [9.17, 15) is 10.1 Å². The molecule has 0 fully saturated rings. The van der Waals surface area contributed by atoms with Gasteiger partial charge < -0.3 is 5.32 Å².